The van der Waals surface area contributed by atoms with Crippen LogP contribution in [-0.4, -0.2) is 22.7 Å². The summed E-state index contributed by atoms with van der Waals surface area (Å²) in [6.45, 7) is 6.11. The van der Waals surface area contributed by atoms with Gasteiger partial charge in [-0.25, -0.2) is 4.98 Å². The number of para-hydroxylation sites is 1. The first-order valence-corrected chi connectivity index (χ1v) is 10.3. The Bertz CT molecular complexity index is 1130. The van der Waals surface area contributed by atoms with E-state index < -0.39 is 0 Å². The van der Waals surface area contributed by atoms with E-state index in [9.17, 15) is 10.1 Å². The molecule has 2 heterocycles. The molecule has 2 aromatic carbocycles. The first kappa shape index (κ1) is 18.5. The zero-order valence-corrected chi connectivity index (χ0v) is 17.0. The Morgan fingerprint density at radius 3 is 2.79 bits per heavy atom. The molecule has 0 aliphatic carbocycles. The second-order valence-corrected chi connectivity index (χ2v) is 8.25. The molecule has 5 heteroatoms. The first-order valence-electron chi connectivity index (χ1n) is 9.33. The predicted molar refractivity (Wildman–Crippen MR) is 114 cm³/mol. The number of carbonyl (C=O) groups excluding carboxylic acids is 1. The molecule has 140 valence electrons. The van der Waals surface area contributed by atoms with Crippen LogP contribution in [0.5, 0.6) is 0 Å². The van der Waals surface area contributed by atoms with Gasteiger partial charge in [0.2, 0.25) is 5.91 Å². The van der Waals surface area contributed by atoms with Crippen LogP contribution in [0.15, 0.2) is 47.5 Å². The van der Waals surface area contributed by atoms with Gasteiger partial charge < -0.3 is 4.90 Å². The molecule has 1 aromatic heterocycles. The van der Waals surface area contributed by atoms with Crippen molar-refractivity contribution in [3.05, 3.63) is 64.7 Å². The van der Waals surface area contributed by atoms with Crippen molar-refractivity contribution in [2.75, 3.05) is 10.7 Å². The SMILES string of the molecule is Cc1ccc(C)c2nc(SCC(=O)N3c4ccccc4C[C@@H]3C)c(C#N)cc12. The van der Waals surface area contributed by atoms with Gasteiger partial charge >= 0.3 is 0 Å². The van der Waals surface area contributed by atoms with Crippen molar-refractivity contribution >= 4 is 34.3 Å². The Labute approximate surface area is 169 Å². The van der Waals surface area contributed by atoms with E-state index in [1.165, 1.54) is 17.3 Å². The maximum atomic E-state index is 13.0. The van der Waals surface area contributed by atoms with Crippen LogP contribution in [0.4, 0.5) is 5.69 Å². The number of rotatable bonds is 3. The molecule has 0 saturated carbocycles. The summed E-state index contributed by atoms with van der Waals surface area (Å²) in [6, 6.07) is 16.4. The van der Waals surface area contributed by atoms with Crippen LogP contribution in [-0.2, 0) is 11.2 Å². The Morgan fingerprint density at radius 2 is 2.00 bits per heavy atom. The van der Waals surface area contributed by atoms with Crippen LogP contribution >= 0.6 is 11.8 Å². The van der Waals surface area contributed by atoms with Gasteiger partial charge in [0.15, 0.2) is 0 Å². The minimum Gasteiger partial charge on any atom is -0.308 e. The number of aromatic nitrogens is 1. The molecule has 4 nitrogen and oxygen atoms in total. The van der Waals surface area contributed by atoms with Crippen LogP contribution < -0.4 is 4.90 Å². The molecule has 4 rings (SSSR count). The number of anilines is 1. The lowest BCUT2D eigenvalue weighted by molar-refractivity contribution is -0.116. The molecule has 28 heavy (non-hydrogen) atoms. The van der Waals surface area contributed by atoms with Crippen molar-refractivity contribution in [1.82, 2.24) is 4.98 Å². The van der Waals surface area contributed by atoms with E-state index in [4.69, 9.17) is 4.98 Å². The fraction of sp³-hybridized carbons (Fsp3) is 0.261. The standard InChI is InChI=1S/C23H21N3OS/c1-14-8-9-15(2)22-19(14)11-18(12-24)23(25-22)28-13-21(27)26-16(3)10-17-6-4-5-7-20(17)26/h4-9,11,16H,10,13H2,1-3H3/t16-/m0/s1. The van der Waals surface area contributed by atoms with Gasteiger partial charge in [-0.3, -0.25) is 4.79 Å². The number of nitriles is 1. The third-order valence-corrected chi connectivity index (χ3v) is 6.27. The van der Waals surface area contributed by atoms with Crippen LogP contribution in [0.2, 0.25) is 0 Å². The number of carbonyl (C=O) groups is 1. The lowest BCUT2D eigenvalue weighted by Crippen LogP contribution is -2.37. The lowest BCUT2D eigenvalue weighted by atomic mass is 10.0. The molecule has 0 N–H and O–H groups in total. The quantitative estimate of drug-likeness (QED) is 0.606. The number of aryl methyl sites for hydroxylation is 2. The summed E-state index contributed by atoms with van der Waals surface area (Å²) in [5, 5.41) is 11.2. The summed E-state index contributed by atoms with van der Waals surface area (Å²) in [4.78, 5) is 19.6. The van der Waals surface area contributed by atoms with Crippen LogP contribution in [0, 0.1) is 25.2 Å². The average molecular weight is 388 g/mol. The van der Waals surface area contributed by atoms with Crippen molar-refractivity contribution in [3.8, 4) is 6.07 Å². The minimum absolute atomic E-state index is 0.0502. The minimum atomic E-state index is 0.0502. The monoisotopic (exact) mass is 387 g/mol. The van der Waals surface area contributed by atoms with E-state index >= 15 is 0 Å². The number of pyridine rings is 1. The molecular formula is C23H21N3OS. The number of hydrogen-bond acceptors (Lipinski definition) is 4. The summed E-state index contributed by atoms with van der Waals surface area (Å²) in [6.07, 6.45) is 0.878. The summed E-state index contributed by atoms with van der Waals surface area (Å²) in [5.41, 5.74) is 5.79. The highest BCUT2D eigenvalue weighted by Crippen LogP contribution is 2.33. The lowest BCUT2D eigenvalue weighted by Gasteiger charge is -2.22. The van der Waals surface area contributed by atoms with E-state index in [-0.39, 0.29) is 17.7 Å². The molecule has 0 fully saturated rings. The van der Waals surface area contributed by atoms with Gasteiger partial charge in [-0.05, 0) is 56.0 Å². The number of nitrogens with zero attached hydrogens (tertiary/aromatic N) is 3. The van der Waals surface area contributed by atoms with E-state index in [1.54, 1.807) is 0 Å². The van der Waals surface area contributed by atoms with E-state index in [0.29, 0.717) is 10.6 Å². The highest BCUT2D eigenvalue weighted by Gasteiger charge is 2.30. The van der Waals surface area contributed by atoms with Gasteiger partial charge in [0.05, 0.1) is 16.8 Å². The zero-order valence-electron chi connectivity index (χ0n) is 16.2. The Hall–Kier alpha value is -2.84. The van der Waals surface area contributed by atoms with Gasteiger partial charge in [0.1, 0.15) is 11.1 Å². The van der Waals surface area contributed by atoms with E-state index in [0.717, 1.165) is 34.1 Å². The first-order chi connectivity index (χ1) is 13.5. The molecule has 1 atom stereocenters. The molecule has 1 amide bonds. The Kier molecular flexibility index (Phi) is 4.82. The number of fused-ring (bicyclic) bond motifs is 2. The maximum Gasteiger partial charge on any atom is 0.237 e. The maximum absolute atomic E-state index is 13.0. The normalized spacial score (nSPS) is 15.5. The van der Waals surface area contributed by atoms with Crippen molar-refractivity contribution in [2.45, 2.75) is 38.3 Å². The molecule has 0 spiro atoms. The van der Waals surface area contributed by atoms with Crippen molar-refractivity contribution in [1.29, 1.82) is 5.26 Å². The van der Waals surface area contributed by atoms with Crippen molar-refractivity contribution in [2.24, 2.45) is 0 Å². The van der Waals surface area contributed by atoms with Crippen molar-refractivity contribution < 1.29 is 4.79 Å². The van der Waals surface area contributed by atoms with Gasteiger partial charge in [-0.15, -0.1) is 0 Å². The molecular weight excluding hydrogens is 366 g/mol. The van der Waals surface area contributed by atoms with Gasteiger partial charge in [-0.1, -0.05) is 42.1 Å². The molecule has 1 aliphatic heterocycles. The highest BCUT2D eigenvalue weighted by molar-refractivity contribution is 8.00. The van der Waals surface area contributed by atoms with E-state index in [2.05, 4.69) is 19.1 Å². The Balaban J connectivity index is 1.62. The average Bonchev–Trinajstić information content (AvgIpc) is 3.04. The number of benzene rings is 2. The number of hydrogen-bond donors (Lipinski definition) is 0. The van der Waals surface area contributed by atoms with Gasteiger partial charge in [-0.2, -0.15) is 5.26 Å². The van der Waals surface area contributed by atoms with Gasteiger partial charge in [0.25, 0.3) is 0 Å². The molecule has 0 saturated heterocycles. The molecule has 0 radical (unpaired) electrons. The van der Waals surface area contributed by atoms with Gasteiger partial charge in [0, 0.05) is 17.1 Å². The van der Waals surface area contributed by atoms with Crippen LogP contribution in [0.25, 0.3) is 10.9 Å². The molecule has 1 aliphatic rings. The predicted octanol–water partition coefficient (Wildman–Crippen LogP) is 4.79. The fourth-order valence-corrected chi connectivity index (χ4v) is 4.67. The summed E-state index contributed by atoms with van der Waals surface area (Å²) in [5.74, 6) is 0.311. The highest BCUT2D eigenvalue weighted by atomic mass is 32.2. The third kappa shape index (κ3) is 3.14. The largest absolute Gasteiger partial charge is 0.308 e. The summed E-state index contributed by atoms with van der Waals surface area (Å²) in [7, 11) is 0. The second-order valence-electron chi connectivity index (χ2n) is 7.28. The molecule has 3 aromatic rings. The second kappa shape index (κ2) is 7.29. The molecule has 0 bridgehead atoms. The topological polar surface area (TPSA) is 57.0 Å². The van der Waals surface area contributed by atoms with Crippen molar-refractivity contribution in [3.63, 3.8) is 0 Å². The number of amides is 1. The van der Waals surface area contributed by atoms with E-state index in [1.807, 2.05) is 55.1 Å². The summed E-state index contributed by atoms with van der Waals surface area (Å²) >= 11 is 1.35. The smallest absolute Gasteiger partial charge is 0.237 e. The zero-order chi connectivity index (χ0) is 19.8. The summed E-state index contributed by atoms with van der Waals surface area (Å²) < 4.78 is 0. The van der Waals surface area contributed by atoms with Crippen LogP contribution in [0.1, 0.15) is 29.2 Å². The number of thioether (sulfide) groups is 1. The Morgan fingerprint density at radius 1 is 1.25 bits per heavy atom. The molecule has 0 unspecified atom stereocenters. The third-order valence-electron chi connectivity index (χ3n) is 5.30. The van der Waals surface area contributed by atoms with Crippen LogP contribution in [0.3, 0.4) is 0 Å². The fourth-order valence-electron chi connectivity index (χ4n) is 3.85.